The topological polar surface area (TPSA) is 104 Å². The summed E-state index contributed by atoms with van der Waals surface area (Å²) < 4.78 is 18.1. The van der Waals surface area contributed by atoms with Crippen molar-refractivity contribution in [1.29, 1.82) is 5.26 Å². The number of ether oxygens (including phenoxy) is 1. The minimum Gasteiger partial charge on any atom is -0.467 e. The molecule has 0 aliphatic rings. The van der Waals surface area contributed by atoms with Crippen molar-refractivity contribution in [1.82, 2.24) is 10.3 Å². The Hall–Kier alpha value is -4.25. The van der Waals surface area contributed by atoms with Gasteiger partial charge in [-0.05, 0) is 49.2 Å². The molecular formula is C25H23FN4O3. The van der Waals surface area contributed by atoms with Crippen LogP contribution in [0, 0.1) is 17.1 Å². The third-order valence-corrected chi connectivity index (χ3v) is 4.96. The number of carbonyl (C=O) groups excluding carboxylic acids is 2. The summed E-state index contributed by atoms with van der Waals surface area (Å²) in [6.07, 6.45) is 0.498. The first-order chi connectivity index (χ1) is 15.9. The molecule has 2 aromatic carbocycles. The molecule has 0 spiro atoms. The Balaban J connectivity index is 1.90. The fourth-order valence-electron chi connectivity index (χ4n) is 3.26. The zero-order chi connectivity index (χ0) is 23.8. The lowest BCUT2D eigenvalue weighted by atomic mass is 10.0. The maximum atomic E-state index is 13.5. The smallest absolute Gasteiger partial charge is 0.328 e. The fraction of sp³-hybridized carbons (Fsp3) is 0.200. The highest BCUT2D eigenvalue weighted by Gasteiger charge is 2.20. The summed E-state index contributed by atoms with van der Waals surface area (Å²) in [5.74, 6) is -1.12. The summed E-state index contributed by atoms with van der Waals surface area (Å²) in [5, 5.41) is 15.1. The van der Waals surface area contributed by atoms with Crippen molar-refractivity contribution in [2.45, 2.75) is 19.4 Å². The number of anilines is 1. The van der Waals surface area contributed by atoms with Gasteiger partial charge < -0.3 is 15.4 Å². The van der Waals surface area contributed by atoms with E-state index in [1.807, 2.05) is 6.07 Å². The number of methoxy groups -OCH3 is 1. The largest absolute Gasteiger partial charge is 0.467 e. The average molecular weight is 446 g/mol. The molecule has 0 radical (unpaired) electrons. The molecule has 0 fully saturated rings. The Bertz CT molecular complexity index is 1210. The summed E-state index contributed by atoms with van der Waals surface area (Å²) in [4.78, 5) is 29.1. The number of benzene rings is 2. The minimum absolute atomic E-state index is 0.225. The van der Waals surface area contributed by atoms with Gasteiger partial charge in [-0.25, -0.2) is 14.2 Å². The third-order valence-electron chi connectivity index (χ3n) is 4.96. The third kappa shape index (κ3) is 5.92. The molecule has 7 nitrogen and oxygen atoms in total. The quantitative estimate of drug-likeness (QED) is 0.511. The number of hydrogen-bond acceptors (Lipinski definition) is 6. The number of amides is 1. The molecular weight excluding hydrogens is 423 g/mol. The number of esters is 1. The van der Waals surface area contributed by atoms with Crippen molar-refractivity contribution < 1.29 is 18.7 Å². The van der Waals surface area contributed by atoms with Crippen molar-refractivity contribution in [2.75, 3.05) is 19.0 Å². The van der Waals surface area contributed by atoms with E-state index < -0.39 is 17.9 Å². The van der Waals surface area contributed by atoms with Gasteiger partial charge in [0.15, 0.2) is 0 Å². The van der Waals surface area contributed by atoms with Crippen molar-refractivity contribution in [3.05, 3.63) is 83.2 Å². The first kappa shape index (κ1) is 23.4. The van der Waals surface area contributed by atoms with E-state index in [0.29, 0.717) is 29.8 Å². The Morgan fingerprint density at radius 2 is 1.94 bits per heavy atom. The lowest BCUT2D eigenvalue weighted by Crippen LogP contribution is -2.39. The first-order valence-corrected chi connectivity index (χ1v) is 10.3. The van der Waals surface area contributed by atoms with Crippen LogP contribution in [0.25, 0.3) is 11.3 Å². The van der Waals surface area contributed by atoms with Crippen LogP contribution in [0.3, 0.4) is 0 Å². The Morgan fingerprint density at radius 3 is 2.67 bits per heavy atom. The fourth-order valence-corrected chi connectivity index (χ4v) is 3.26. The molecule has 1 heterocycles. The van der Waals surface area contributed by atoms with E-state index in [9.17, 15) is 19.2 Å². The molecule has 1 amide bonds. The molecule has 0 unspecified atom stereocenters. The van der Waals surface area contributed by atoms with Crippen LogP contribution in [0.2, 0.25) is 0 Å². The standard InChI is InChI=1S/C25H23FN4O3/c1-16(25(32)33-2)29-24(31)21-10-11-22(20-9-4-3-7-18(20)15-27)30-23(21)28-13-12-17-6-5-8-19(26)14-17/h3-11,14,16H,12-13H2,1-2H3,(H,28,30)(H,29,31)/t16-/m1/s1. The number of nitrogens with one attached hydrogen (secondary N) is 2. The lowest BCUT2D eigenvalue weighted by Gasteiger charge is -2.16. The van der Waals surface area contributed by atoms with Gasteiger partial charge >= 0.3 is 5.97 Å². The number of rotatable bonds is 8. The van der Waals surface area contributed by atoms with Crippen LogP contribution in [-0.4, -0.2) is 36.6 Å². The molecule has 3 aromatic rings. The van der Waals surface area contributed by atoms with Gasteiger partial charge in [0.05, 0.1) is 30.0 Å². The second kappa shape index (κ2) is 10.9. The number of aromatic nitrogens is 1. The normalized spacial score (nSPS) is 11.2. The summed E-state index contributed by atoms with van der Waals surface area (Å²) >= 11 is 0. The van der Waals surface area contributed by atoms with E-state index in [4.69, 9.17) is 0 Å². The summed E-state index contributed by atoms with van der Waals surface area (Å²) in [5.41, 5.74) is 2.61. The van der Waals surface area contributed by atoms with E-state index in [0.717, 1.165) is 5.56 Å². The summed E-state index contributed by atoms with van der Waals surface area (Å²) in [6.45, 7) is 1.90. The zero-order valence-electron chi connectivity index (χ0n) is 18.3. The van der Waals surface area contributed by atoms with E-state index >= 15 is 0 Å². The molecule has 33 heavy (non-hydrogen) atoms. The molecule has 0 saturated carbocycles. The van der Waals surface area contributed by atoms with Crippen molar-refractivity contribution in [3.63, 3.8) is 0 Å². The predicted molar refractivity (Wildman–Crippen MR) is 122 cm³/mol. The van der Waals surface area contributed by atoms with Crippen molar-refractivity contribution in [3.8, 4) is 17.3 Å². The van der Waals surface area contributed by atoms with Gasteiger partial charge in [-0.15, -0.1) is 0 Å². The van der Waals surface area contributed by atoms with Crippen LogP contribution in [-0.2, 0) is 16.0 Å². The van der Waals surface area contributed by atoms with Crippen LogP contribution < -0.4 is 10.6 Å². The van der Waals surface area contributed by atoms with Gasteiger partial charge in [0, 0.05) is 12.1 Å². The van der Waals surface area contributed by atoms with Gasteiger partial charge in [0.25, 0.3) is 5.91 Å². The number of carbonyl (C=O) groups is 2. The van der Waals surface area contributed by atoms with Crippen LogP contribution in [0.15, 0.2) is 60.7 Å². The first-order valence-electron chi connectivity index (χ1n) is 10.3. The van der Waals surface area contributed by atoms with E-state index in [1.165, 1.54) is 26.2 Å². The number of halogens is 1. The van der Waals surface area contributed by atoms with Gasteiger partial charge in [0.2, 0.25) is 0 Å². The van der Waals surface area contributed by atoms with Crippen LogP contribution in [0.1, 0.15) is 28.4 Å². The van der Waals surface area contributed by atoms with Crippen LogP contribution in [0.4, 0.5) is 10.2 Å². The van der Waals surface area contributed by atoms with Gasteiger partial charge in [-0.2, -0.15) is 5.26 Å². The van der Waals surface area contributed by atoms with Crippen LogP contribution in [0.5, 0.6) is 0 Å². The Labute approximate surface area is 191 Å². The second-order valence-electron chi connectivity index (χ2n) is 7.28. The molecule has 0 saturated heterocycles. The predicted octanol–water partition coefficient (Wildman–Crippen LogP) is 3.71. The summed E-state index contributed by atoms with van der Waals surface area (Å²) in [6, 6.07) is 17.8. The number of pyridine rings is 1. The van der Waals surface area contributed by atoms with Gasteiger partial charge in [0.1, 0.15) is 17.7 Å². The number of nitriles is 1. The molecule has 8 heteroatoms. The van der Waals surface area contributed by atoms with E-state index in [1.54, 1.807) is 42.5 Å². The highest BCUT2D eigenvalue weighted by Crippen LogP contribution is 2.25. The molecule has 0 aliphatic heterocycles. The zero-order valence-corrected chi connectivity index (χ0v) is 18.3. The Kier molecular flexibility index (Phi) is 7.71. The summed E-state index contributed by atoms with van der Waals surface area (Å²) in [7, 11) is 1.24. The Morgan fingerprint density at radius 1 is 1.15 bits per heavy atom. The highest BCUT2D eigenvalue weighted by molar-refractivity contribution is 6.01. The van der Waals surface area contributed by atoms with Gasteiger partial charge in [-0.3, -0.25) is 4.79 Å². The molecule has 2 N–H and O–H groups in total. The maximum Gasteiger partial charge on any atom is 0.328 e. The van der Waals surface area contributed by atoms with Crippen LogP contribution >= 0.6 is 0 Å². The number of nitrogens with zero attached hydrogens (tertiary/aromatic N) is 2. The molecule has 0 bridgehead atoms. The second-order valence-corrected chi connectivity index (χ2v) is 7.28. The SMILES string of the molecule is COC(=O)[C@@H](C)NC(=O)c1ccc(-c2ccccc2C#N)nc1NCCc1cccc(F)c1. The monoisotopic (exact) mass is 446 g/mol. The number of hydrogen-bond donors (Lipinski definition) is 2. The molecule has 0 aliphatic carbocycles. The molecule has 1 aromatic heterocycles. The average Bonchev–Trinajstić information content (AvgIpc) is 2.83. The van der Waals surface area contributed by atoms with E-state index in [2.05, 4.69) is 26.4 Å². The van der Waals surface area contributed by atoms with Crippen molar-refractivity contribution in [2.24, 2.45) is 0 Å². The maximum absolute atomic E-state index is 13.5. The molecule has 168 valence electrons. The van der Waals surface area contributed by atoms with E-state index in [-0.39, 0.29) is 17.2 Å². The lowest BCUT2D eigenvalue weighted by molar-refractivity contribution is -0.142. The minimum atomic E-state index is -0.846. The molecule has 1 atom stereocenters. The highest BCUT2D eigenvalue weighted by atomic mass is 19.1. The van der Waals surface area contributed by atoms with Gasteiger partial charge in [-0.1, -0.05) is 30.3 Å². The van der Waals surface area contributed by atoms with Crippen molar-refractivity contribution >= 4 is 17.7 Å². The molecule has 3 rings (SSSR count).